The molecule has 2 aromatic heterocycles. The number of sulfone groups is 1. The lowest BCUT2D eigenvalue weighted by molar-refractivity contribution is -0.137. The number of nitrogens with one attached hydrogen (secondary N) is 3. The predicted octanol–water partition coefficient (Wildman–Crippen LogP) is 4.63. The number of fused-ring (bicyclic) bond motifs is 2. The molecule has 5 heterocycles. The second kappa shape index (κ2) is 16.3. The lowest BCUT2D eigenvalue weighted by Crippen LogP contribution is -2.52. The van der Waals surface area contributed by atoms with Crippen LogP contribution in [0.15, 0.2) is 89.8 Å². The van der Waals surface area contributed by atoms with Crippen LogP contribution in [0.5, 0.6) is 0 Å². The Bertz CT molecular complexity index is 2480. The smallest absolute Gasteiger partial charge is 0.255 e. The Balaban J connectivity index is 0.752. The molecule has 3 aliphatic heterocycles. The summed E-state index contributed by atoms with van der Waals surface area (Å²) in [6.45, 7) is 3.91. The van der Waals surface area contributed by atoms with Crippen LogP contribution in [0.3, 0.4) is 0 Å². The van der Waals surface area contributed by atoms with Gasteiger partial charge in [-0.2, -0.15) is 4.98 Å². The van der Waals surface area contributed by atoms with E-state index < -0.39 is 21.8 Å². The van der Waals surface area contributed by atoms with Crippen molar-refractivity contribution in [3.05, 3.63) is 96.1 Å². The Labute approximate surface area is 336 Å². The van der Waals surface area contributed by atoms with E-state index in [-0.39, 0.29) is 29.0 Å². The van der Waals surface area contributed by atoms with Crippen LogP contribution >= 0.6 is 0 Å². The molecule has 1 unspecified atom stereocenters. The molecule has 58 heavy (non-hydrogen) atoms. The molecule has 0 aliphatic carbocycles. The first-order chi connectivity index (χ1) is 28.0. The normalized spacial score (nSPS) is 17.1. The molecule has 4 amide bonds. The van der Waals surface area contributed by atoms with Crippen molar-refractivity contribution in [2.24, 2.45) is 0 Å². The number of carbonyl (C=O) groups is 4. The standard InChI is InChI=1S/C42H45N9O6S/c1-58(56,57)33-17-10-28(11-18-33)35-6-5-7-37-45-42(47-51(35)37)44-30-13-15-32(16-14-30)48-22-24-49(25-23-48)39(53)8-3-2-4-21-43-31-12-9-29-27-50(41(55)34(29)26-31)36-19-20-38(52)46-40(36)54/h5-7,9-18,26,36,43H,2-4,8,19-25,27H2,1H3,(H,44,47)(H,46,52,54). The number of hydrogen-bond acceptors (Lipinski definition) is 11. The number of rotatable bonds is 13. The average Bonchev–Trinajstić information content (AvgIpc) is 3.78. The molecule has 2 fully saturated rings. The van der Waals surface area contributed by atoms with Crippen LogP contribution in [-0.4, -0.2) is 101 Å². The molecule has 16 heteroatoms. The third kappa shape index (κ3) is 8.37. The number of aromatic nitrogens is 3. The van der Waals surface area contributed by atoms with Crippen LogP contribution in [0.2, 0.25) is 0 Å². The number of anilines is 4. The van der Waals surface area contributed by atoms with Crippen molar-refractivity contribution >= 4 is 62.1 Å². The molecule has 1 atom stereocenters. The van der Waals surface area contributed by atoms with Crippen LogP contribution in [0.1, 0.15) is 54.4 Å². The highest BCUT2D eigenvalue weighted by molar-refractivity contribution is 7.90. The minimum atomic E-state index is -3.29. The number of unbranched alkanes of at least 4 members (excludes halogenated alkanes) is 2. The Morgan fingerprint density at radius 1 is 0.879 bits per heavy atom. The molecule has 300 valence electrons. The highest BCUT2D eigenvalue weighted by atomic mass is 32.2. The maximum atomic E-state index is 13.1. The Kier molecular flexibility index (Phi) is 10.8. The van der Waals surface area contributed by atoms with Gasteiger partial charge in [-0.1, -0.05) is 30.7 Å². The van der Waals surface area contributed by atoms with E-state index >= 15 is 0 Å². The number of amides is 4. The molecule has 15 nitrogen and oxygen atoms in total. The zero-order chi connectivity index (χ0) is 40.4. The summed E-state index contributed by atoms with van der Waals surface area (Å²) in [4.78, 5) is 60.7. The molecule has 8 rings (SSSR count). The van der Waals surface area contributed by atoms with Crippen molar-refractivity contribution in [3.63, 3.8) is 0 Å². The second-order valence-electron chi connectivity index (χ2n) is 15.0. The summed E-state index contributed by atoms with van der Waals surface area (Å²) in [6, 6.07) is 25.5. The summed E-state index contributed by atoms with van der Waals surface area (Å²) in [5.74, 6) is -0.281. The minimum absolute atomic E-state index is 0.180. The Morgan fingerprint density at radius 3 is 2.38 bits per heavy atom. The van der Waals surface area contributed by atoms with Gasteiger partial charge >= 0.3 is 0 Å². The van der Waals surface area contributed by atoms with E-state index in [9.17, 15) is 27.6 Å². The van der Waals surface area contributed by atoms with Gasteiger partial charge in [-0.3, -0.25) is 24.5 Å². The maximum Gasteiger partial charge on any atom is 0.255 e. The number of hydrogen-bond donors (Lipinski definition) is 3. The molecule has 0 spiro atoms. The van der Waals surface area contributed by atoms with E-state index in [4.69, 9.17) is 0 Å². The summed E-state index contributed by atoms with van der Waals surface area (Å²) in [5, 5.41) is 13.7. The number of nitrogens with zero attached hydrogens (tertiary/aromatic N) is 6. The number of pyridine rings is 1. The van der Waals surface area contributed by atoms with Gasteiger partial charge in [0.05, 0.1) is 10.6 Å². The van der Waals surface area contributed by atoms with E-state index in [0.717, 1.165) is 66.2 Å². The van der Waals surface area contributed by atoms with Crippen LogP contribution in [0.25, 0.3) is 16.9 Å². The molecular formula is C42H45N9O6S. The summed E-state index contributed by atoms with van der Waals surface area (Å²) in [5.41, 5.74) is 6.48. The van der Waals surface area contributed by atoms with E-state index in [1.165, 1.54) is 6.26 Å². The second-order valence-corrected chi connectivity index (χ2v) is 17.0. The van der Waals surface area contributed by atoms with Crippen molar-refractivity contribution in [2.45, 2.75) is 56.0 Å². The summed E-state index contributed by atoms with van der Waals surface area (Å²) < 4.78 is 25.5. The highest BCUT2D eigenvalue weighted by Gasteiger charge is 2.39. The van der Waals surface area contributed by atoms with Gasteiger partial charge in [0.15, 0.2) is 15.5 Å². The average molecular weight is 804 g/mol. The van der Waals surface area contributed by atoms with Gasteiger partial charge in [0, 0.05) is 86.6 Å². The van der Waals surface area contributed by atoms with Gasteiger partial charge < -0.3 is 25.3 Å². The monoisotopic (exact) mass is 803 g/mol. The van der Waals surface area contributed by atoms with Crippen LogP contribution in [0.4, 0.5) is 23.0 Å². The maximum absolute atomic E-state index is 13.1. The molecule has 3 N–H and O–H groups in total. The Hall–Kier alpha value is -6.29. The molecule has 0 radical (unpaired) electrons. The SMILES string of the molecule is CS(=O)(=O)c1ccc(-c2cccc3nc(Nc4ccc(N5CCN(C(=O)CCCCCNc6ccc7c(c6)C(=O)N(C6CCC(=O)NC6=O)C7)CC5)cc4)nn23)cc1. The van der Waals surface area contributed by atoms with Crippen molar-refractivity contribution < 1.29 is 27.6 Å². The van der Waals surface area contributed by atoms with Gasteiger partial charge in [-0.15, -0.1) is 5.10 Å². The van der Waals surface area contributed by atoms with Crippen LogP contribution in [-0.2, 0) is 30.8 Å². The van der Waals surface area contributed by atoms with E-state index in [2.05, 4.69) is 43.1 Å². The van der Waals surface area contributed by atoms with Crippen molar-refractivity contribution in [3.8, 4) is 11.3 Å². The topological polar surface area (TPSA) is 178 Å². The summed E-state index contributed by atoms with van der Waals surface area (Å²) >= 11 is 0. The van der Waals surface area contributed by atoms with Gasteiger partial charge in [-0.05, 0) is 85.5 Å². The fraction of sp³-hybridized carbons (Fsp3) is 0.333. The van der Waals surface area contributed by atoms with Gasteiger partial charge in [0.1, 0.15) is 6.04 Å². The molecule has 3 aromatic carbocycles. The van der Waals surface area contributed by atoms with Crippen molar-refractivity contribution in [2.75, 3.05) is 54.5 Å². The number of piperidine rings is 1. The van der Waals surface area contributed by atoms with E-state index in [1.54, 1.807) is 33.7 Å². The Morgan fingerprint density at radius 2 is 1.64 bits per heavy atom. The zero-order valence-corrected chi connectivity index (χ0v) is 33.0. The first-order valence-corrected chi connectivity index (χ1v) is 21.5. The van der Waals surface area contributed by atoms with E-state index in [0.29, 0.717) is 56.2 Å². The molecule has 2 saturated heterocycles. The number of piperazine rings is 1. The first kappa shape index (κ1) is 38.6. The quantitative estimate of drug-likeness (QED) is 0.112. The van der Waals surface area contributed by atoms with Gasteiger partial charge in [0.25, 0.3) is 5.91 Å². The summed E-state index contributed by atoms with van der Waals surface area (Å²) in [7, 11) is -3.29. The third-order valence-corrected chi connectivity index (χ3v) is 12.1. The number of benzene rings is 3. The van der Waals surface area contributed by atoms with Gasteiger partial charge in [-0.25, -0.2) is 12.9 Å². The molecule has 3 aliphatic rings. The predicted molar refractivity (Wildman–Crippen MR) is 219 cm³/mol. The first-order valence-electron chi connectivity index (χ1n) is 19.6. The summed E-state index contributed by atoms with van der Waals surface area (Å²) in [6.07, 6.45) is 4.86. The minimum Gasteiger partial charge on any atom is -0.385 e. The highest BCUT2D eigenvalue weighted by Crippen LogP contribution is 2.30. The zero-order valence-electron chi connectivity index (χ0n) is 32.2. The van der Waals surface area contributed by atoms with Crippen molar-refractivity contribution in [1.29, 1.82) is 0 Å². The van der Waals surface area contributed by atoms with Crippen LogP contribution < -0.4 is 20.9 Å². The fourth-order valence-electron chi connectivity index (χ4n) is 7.78. The van der Waals surface area contributed by atoms with Crippen molar-refractivity contribution in [1.82, 2.24) is 29.7 Å². The largest absolute Gasteiger partial charge is 0.385 e. The molecule has 0 bridgehead atoms. The number of carbonyl (C=O) groups excluding carboxylic acids is 4. The van der Waals surface area contributed by atoms with Gasteiger partial charge in [0.2, 0.25) is 23.7 Å². The molecule has 5 aromatic rings. The molecule has 0 saturated carbocycles. The van der Waals surface area contributed by atoms with E-state index in [1.807, 2.05) is 53.4 Å². The third-order valence-electron chi connectivity index (χ3n) is 11.0. The number of imide groups is 1. The lowest BCUT2D eigenvalue weighted by atomic mass is 10.0. The van der Waals surface area contributed by atoms with Crippen LogP contribution in [0, 0.1) is 0 Å². The molecular weight excluding hydrogens is 759 g/mol. The fourth-order valence-corrected chi connectivity index (χ4v) is 8.41. The lowest BCUT2D eigenvalue weighted by Gasteiger charge is -2.36.